The molecule has 1 aromatic rings. The van der Waals surface area contributed by atoms with E-state index in [1.165, 1.54) is 0 Å². The number of H-pyrrole nitrogens is 1. The average Bonchev–Trinajstić information content (AvgIpc) is 2.53. The van der Waals surface area contributed by atoms with Gasteiger partial charge in [0.2, 0.25) is 5.78 Å². The lowest BCUT2D eigenvalue weighted by Gasteiger charge is -1.90. The molecule has 4 nitrogen and oxygen atoms in total. The van der Waals surface area contributed by atoms with E-state index in [0.29, 0.717) is 12.8 Å². The lowest BCUT2D eigenvalue weighted by Crippen LogP contribution is -2.01. The molecule has 1 aromatic heterocycles. The van der Waals surface area contributed by atoms with Crippen LogP contribution in [0.25, 0.3) is 5.53 Å². The molecule has 62 valence electrons. The predicted molar refractivity (Wildman–Crippen MR) is 43.8 cm³/mol. The fraction of sp³-hybridized carbons (Fsp3) is 0.250. The van der Waals surface area contributed by atoms with E-state index < -0.39 is 0 Å². The van der Waals surface area contributed by atoms with Crippen LogP contribution < -0.4 is 0 Å². The largest absolute Gasteiger partial charge is 0.365 e. The summed E-state index contributed by atoms with van der Waals surface area (Å²) < 4.78 is 0. The Morgan fingerprint density at radius 2 is 2.58 bits per heavy atom. The van der Waals surface area contributed by atoms with E-state index in [1.54, 1.807) is 6.20 Å². The Balaban J connectivity index is 2.36. The van der Waals surface area contributed by atoms with Crippen molar-refractivity contribution >= 4 is 12.0 Å². The van der Waals surface area contributed by atoms with Crippen molar-refractivity contribution in [2.24, 2.45) is 0 Å². The van der Waals surface area contributed by atoms with Crippen LogP contribution in [-0.2, 0) is 11.2 Å². The second kappa shape index (κ2) is 4.26. The van der Waals surface area contributed by atoms with E-state index in [0.717, 1.165) is 11.9 Å². The zero-order valence-corrected chi connectivity index (χ0v) is 6.53. The van der Waals surface area contributed by atoms with Gasteiger partial charge in [0.25, 0.3) is 0 Å². The van der Waals surface area contributed by atoms with Crippen molar-refractivity contribution in [1.29, 1.82) is 0 Å². The first-order valence-electron chi connectivity index (χ1n) is 3.65. The van der Waals surface area contributed by atoms with Crippen LogP contribution in [0.2, 0.25) is 0 Å². The number of aromatic amines is 1. The Labute approximate surface area is 69.8 Å². The maximum absolute atomic E-state index is 10.8. The molecule has 12 heavy (non-hydrogen) atoms. The summed E-state index contributed by atoms with van der Waals surface area (Å²) in [4.78, 5) is 16.4. The molecule has 1 heterocycles. The van der Waals surface area contributed by atoms with Crippen LogP contribution in [0.1, 0.15) is 12.1 Å². The molecule has 0 bridgehead atoms. The quantitative estimate of drug-likeness (QED) is 0.398. The fourth-order valence-corrected chi connectivity index (χ4v) is 0.910. The van der Waals surface area contributed by atoms with Gasteiger partial charge in [0.15, 0.2) is 0 Å². The molecule has 0 saturated heterocycles. The monoisotopic (exact) mass is 163 g/mol. The number of nitrogens with one attached hydrogen (secondary N) is 1. The zero-order valence-electron chi connectivity index (χ0n) is 6.53. The van der Waals surface area contributed by atoms with Crippen LogP contribution in [0.3, 0.4) is 0 Å². The van der Waals surface area contributed by atoms with Gasteiger partial charge in [-0.1, -0.05) is 0 Å². The molecule has 0 aliphatic heterocycles. The Kier molecular flexibility index (Phi) is 2.99. The van der Waals surface area contributed by atoms with Crippen LogP contribution in [0.4, 0.5) is 0 Å². The Morgan fingerprint density at radius 3 is 3.17 bits per heavy atom. The maximum Gasteiger partial charge on any atom is 0.323 e. The summed E-state index contributed by atoms with van der Waals surface area (Å²) in [7, 11) is 0. The molecule has 1 N–H and O–H groups in total. The molecule has 0 atom stereocenters. The number of hydrogen-bond acceptors (Lipinski definition) is 1. The van der Waals surface area contributed by atoms with E-state index in [9.17, 15) is 4.79 Å². The third-order valence-corrected chi connectivity index (χ3v) is 1.50. The average molecular weight is 163 g/mol. The van der Waals surface area contributed by atoms with Crippen molar-refractivity contribution in [1.82, 2.24) is 4.98 Å². The Bertz CT molecular complexity index is 296. The minimum atomic E-state index is -0.174. The first-order valence-corrected chi connectivity index (χ1v) is 3.65. The van der Waals surface area contributed by atoms with Crippen molar-refractivity contribution in [2.75, 3.05) is 0 Å². The van der Waals surface area contributed by atoms with Crippen molar-refractivity contribution in [3.8, 4) is 0 Å². The molecule has 0 saturated carbocycles. The number of hydrogen-bond donors (Lipinski definition) is 1. The minimum Gasteiger partial charge on any atom is -0.365 e. The first kappa shape index (κ1) is 8.43. The van der Waals surface area contributed by atoms with Gasteiger partial charge in [-0.3, -0.25) is 4.79 Å². The fourth-order valence-electron chi connectivity index (χ4n) is 0.910. The summed E-state index contributed by atoms with van der Waals surface area (Å²) >= 11 is 0. The standard InChI is InChI=1S/C8H9N3O/c9-11-6-8(12)4-3-7-2-1-5-10-7/h1-2,5-6,10H,3-4H2. The molecule has 0 spiro atoms. The van der Waals surface area contributed by atoms with Crippen LogP contribution in [-0.4, -0.2) is 21.8 Å². The van der Waals surface area contributed by atoms with Gasteiger partial charge < -0.3 is 10.5 Å². The topological polar surface area (TPSA) is 69.3 Å². The maximum atomic E-state index is 10.8. The van der Waals surface area contributed by atoms with Gasteiger partial charge in [-0.15, -0.1) is 0 Å². The van der Waals surface area contributed by atoms with E-state index >= 15 is 0 Å². The Hall–Kier alpha value is -1.67. The van der Waals surface area contributed by atoms with Gasteiger partial charge in [0.1, 0.15) is 0 Å². The summed E-state index contributed by atoms with van der Waals surface area (Å²) in [6.07, 6.45) is 3.74. The number of carbonyl (C=O) groups is 1. The normalized spacial score (nSPS) is 9.00. The van der Waals surface area contributed by atoms with E-state index in [2.05, 4.69) is 9.77 Å². The van der Waals surface area contributed by atoms with Crippen LogP contribution in [0.15, 0.2) is 18.3 Å². The molecule has 0 aliphatic carbocycles. The molecule has 0 aliphatic rings. The van der Waals surface area contributed by atoms with Gasteiger partial charge in [-0.2, -0.15) is 4.79 Å². The van der Waals surface area contributed by atoms with Crippen LogP contribution in [0.5, 0.6) is 0 Å². The molecular formula is C8H9N3O. The third-order valence-electron chi connectivity index (χ3n) is 1.50. The number of aryl methyl sites for hydroxylation is 1. The summed E-state index contributed by atoms with van der Waals surface area (Å²) in [5, 5.41) is 0. The van der Waals surface area contributed by atoms with Gasteiger partial charge in [0.05, 0.1) is 0 Å². The van der Waals surface area contributed by atoms with Crippen LogP contribution in [0, 0.1) is 0 Å². The van der Waals surface area contributed by atoms with E-state index in [4.69, 9.17) is 5.53 Å². The van der Waals surface area contributed by atoms with Crippen molar-refractivity contribution in [3.05, 3.63) is 29.6 Å². The molecule has 0 fully saturated rings. The number of ketones is 1. The zero-order chi connectivity index (χ0) is 8.81. The molecule has 1 rings (SSSR count). The van der Waals surface area contributed by atoms with Gasteiger partial charge in [-0.25, -0.2) is 0 Å². The molecule has 0 unspecified atom stereocenters. The molecular weight excluding hydrogens is 154 g/mol. The van der Waals surface area contributed by atoms with Gasteiger partial charge in [0, 0.05) is 18.3 Å². The van der Waals surface area contributed by atoms with Crippen molar-refractivity contribution in [2.45, 2.75) is 12.8 Å². The Morgan fingerprint density at radius 1 is 1.75 bits per heavy atom. The smallest absolute Gasteiger partial charge is 0.323 e. The summed E-state index contributed by atoms with van der Waals surface area (Å²) in [6, 6.07) is 3.78. The van der Waals surface area contributed by atoms with E-state index in [1.807, 2.05) is 12.1 Å². The predicted octanol–water partition coefficient (Wildman–Crippen LogP) is 0.817. The summed E-state index contributed by atoms with van der Waals surface area (Å²) in [6.45, 7) is 0. The molecule has 0 radical (unpaired) electrons. The van der Waals surface area contributed by atoms with Gasteiger partial charge >= 0.3 is 6.21 Å². The van der Waals surface area contributed by atoms with Gasteiger partial charge in [-0.05, 0) is 18.6 Å². The highest BCUT2D eigenvalue weighted by molar-refractivity contribution is 6.25. The highest BCUT2D eigenvalue weighted by Gasteiger charge is 2.02. The number of aromatic nitrogens is 1. The second-order valence-electron chi connectivity index (χ2n) is 2.41. The number of rotatable bonds is 4. The highest BCUT2D eigenvalue weighted by Crippen LogP contribution is 1.98. The minimum absolute atomic E-state index is 0.174. The SMILES string of the molecule is [N-]=[N+]=CC(=O)CCc1ccc[nH]1. The second-order valence-corrected chi connectivity index (χ2v) is 2.41. The lowest BCUT2D eigenvalue weighted by molar-refractivity contribution is -0.116. The molecule has 0 aromatic carbocycles. The summed E-state index contributed by atoms with van der Waals surface area (Å²) in [5.41, 5.74) is 9.04. The first-order chi connectivity index (χ1) is 5.83. The van der Waals surface area contributed by atoms with E-state index in [-0.39, 0.29) is 5.78 Å². The number of carbonyl (C=O) groups excluding carboxylic acids is 1. The lowest BCUT2D eigenvalue weighted by atomic mass is 10.2. The van der Waals surface area contributed by atoms with Crippen LogP contribution >= 0.6 is 0 Å². The highest BCUT2D eigenvalue weighted by atomic mass is 16.1. The summed E-state index contributed by atoms with van der Waals surface area (Å²) in [5.74, 6) is -0.174. The molecule has 0 amide bonds. The number of nitrogens with zero attached hydrogens (tertiary/aromatic N) is 2. The van der Waals surface area contributed by atoms with Crippen molar-refractivity contribution in [3.63, 3.8) is 0 Å². The number of Topliss-reactive ketones (excluding diaryl/α,β-unsaturated/α-hetero) is 1. The van der Waals surface area contributed by atoms with Crippen molar-refractivity contribution < 1.29 is 9.58 Å². The molecule has 4 heteroatoms. The third kappa shape index (κ3) is 2.52.